The number of aryl methyl sites for hydroxylation is 2. The third-order valence-corrected chi connectivity index (χ3v) is 6.22. The SMILES string of the molecule is CCCCCCc1cccc2oc(C=CC=C3Nc4ccccc4O3)[n+](CCCCCC)c12.[I-]. The molecule has 0 saturated carbocycles. The summed E-state index contributed by atoms with van der Waals surface area (Å²) in [5.74, 6) is 2.49. The first kappa shape index (κ1) is 26.3. The molecule has 4 nitrogen and oxygen atoms in total. The number of hydrogen-bond donors (Lipinski definition) is 1. The number of unbranched alkanes of at least 4 members (excludes halogenated alkanes) is 6. The monoisotopic (exact) mass is 572 g/mol. The second kappa shape index (κ2) is 13.6. The van der Waals surface area contributed by atoms with Crippen LogP contribution in [-0.4, -0.2) is 0 Å². The molecule has 0 aliphatic carbocycles. The van der Waals surface area contributed by atoms with Crippen LogP contribution in [0.5, 0.6) is 5.75 Å². The molecule has 4 rings (SSSR count). The first-order valence-electron chi connectivity index (χ1n) is 12.7. The lowest BCUT2D eigenvalue weighted by atomic mass is 10.0. The summed E-state index contributed by atoms with van der Waals surface area (Å²) in [5, 5.41) is 3.30. The lowest BCUT2D eigenvalue weighted by Gasteiger charge is -2.02. The molecule has 1 N–H and O–H groups in total. The van der Waals surface area contributed by atoms with E-state index in [-0.39, 0.29) is 24.0 Å². The summed E-state index contributed by atoms with van der Waals surface area (Å²) in [6.45, 7) is 5.50. The Labute approximate surface area is 221 Å². The van der Waals surface area contributed by atoms with Gasteiger partial charge in [-0.3, -0.25) is 0 Å². The number of halogens is 1. The number of benzene rings is 2. The van der Waals surface area contributed by atoms with Gasteiger partial charge in [0, 0.05) is 12.0 Å². The molecule has 1 aliphatic rings. The van der Waals surface area contributed by atoms with E-state index in [1.54, 1.807) is 0 Å². The molecule has 0 atom stereocenters. The van der Waals surface area contributed by atoms with E-state index < -0.39 is 0 Å². The number of ether oxygens (including phenoxy) is 1. The van der Waals surface area contributed by atoms with Crippen molar-refractivity contribution in [3.8, 4) is 5.75 Å². The first-order valence-corrected chi connectivity index (χ1v) is 12.7. The van der Waals surface area contributed by atoms with Crippen LogP contribution < -0.4 is 38.6 Å². The van der Waals surface area contributed by atoms with Gasteiger partial charge in [-0.1, -0.05) is 70.2 Å². The third-order valence-electron chi connectivity index (χ3n) is 6.22. The minimum Gasteiger partial charge on any atom is -1.00 e. The highest BCUT2D eigenvalue weighted by atomic mass is 127. The average molecular weight is 573 g/mol. The Kier molecular flexibility index (Phi) is 10.5. The zero-order valence-electron chi connectivity index (χ0n) is 20.5. The fraction of sp³-hybridized carbons (Fsp3) is 0.414. The predicted octanol–water partition coefficient (Wildman–Crippen LogP) is 4.79. The van der Waals surface area contributed by atoms with Gasteiger partial charge in [0.1, 0.15) is 0 Å². The highest BCUT2D eigenvalue weighted by molar-refractivity contribution is 5.74. The Balaban J connectivity index is 0.00000324. The summed E-state index contributed by atoms with van der Waals surface area (Å²) in [6, 6.07) is 14.5. The van der Waals surface area contributed by atoms with Crippen molar-refractivity contribution >= 4 is 22.9 Å². The van der Waals surface area contributed by atoms with E-state index in [0.29, 0.717) is 0 Å². The molecule has 1 aliphatic heterocycles. The van der Waals surface area contributed by atoms with Gasteiger partial charge in [0.05, 0.1) is 11.8 Å². The predicted molar refractivity (Wildman–Crippen MR) is 136 cm³/mol. The van der Waals surface area contributed by atoms with Crippen LogP contribution in [0.3, 0.4) is 0 Å². The number of rotatable bonds is 12. The van der Waals surface area contributed by atoms with Gasteiger partial charge in [-0.2, -0.15) is 4.57 Å². The maximum atomic E-state index is 6.34. The molecule has 2 heterocycles. The molecule has 2 aromatic carbocycles. The molecule has 1 aromatic heterocycles. The topological polar surface area (TPSA) is 38.3 Å². The number of para-hydroxylation sites is 3. The number of nitrogens with one attached hydrogen (secondary N) is 1. The van der Waals surface area contributed by atoms with Crippen LogP contribution in [0.25, 0.3) is 17.2 Å². The number of allylic oxidation sites excluding steroid dienone is 2. The Morgan fingerprint density at radius 2 is 1.68 bits per heavy atom. The van der Waals surface area contributed by atoms with Crippen LogP contribution in [0.2, 0.25) is 0 Å². The largest absolute Gasteiger partial charge is 1.00 e. The van der Waals surface area contributed by atoms with Gasteiger partial charge >= 0.3 is 5.89 Å². The molecular weight excluding hydrogens is 535 g/mol. The van der Waals surface area contributed by atoms with Crippen molar-refractivity contribution in [3.05, 3.63) is 72.0 Å². The molecule has 5 heteroatoms. The number of anilines is 1. The summed E-state index contributed by atoms with van der Waals surface area (Å²) in [5.41, 5.74) is 4.64. The number of hydrogen-bond acceptors (Lipinski definition) is 3. The fourth-order valence-corrected chi connectivity index (χ4v) is 4.45. The molecule has 34 heavy (non-hydrogen) atoms. The highest BCUT2D eigenvalue weighted by Crippen LogP contribution is 2.32. The molecule has 0 radical (unpaired) electrons. The lowest BCUT2D eigenvalue weighted by Crippen LogP contribution is -3.00. The van der Waals surface area contributed by atoms with Crippen LogP contribution in [-0.2, 0) is 13.0 Å². The minimum absolute atomic E-state index is 0. The van der Waals surface area contributed by atoms with Gasteiger partial charge in [0.15, 0.2) is 18.2 Å². The van der Waals surface area contributed by atoms with Crippen molar-refractivity contribution in [1.29, 1.82) is 0 Å². The van der Waals surface area contributed by atoms with E-state index in [1.165, 1.54) is 62.4 Å². The first-order chi connectivity index (χ1) is 16.3. The Morgan fingerprint density at radius 3 is 2.47 bits per heavy atom. The summed E-state index contributed by atoms with van der Waals surface area (Å²) in [4.78, 5) is 0. The molecule has 0 saturated heterocycles. The van der Waals surface area contributed by atoms with Crippen molar-refractivity contribution in [2.75, 3.05) is 5.32 Å². The molecule has 0 unspecified atom stereocenters. The van der Waals surface area contributed by atoms with Gasteiger partial charge in [0.2, 0.25) is 5.58 Å². The van der Waals surface area contributed by atoms with E-state index in [2.05, 4.69) is 48.0 Å². The van der Waals surface area contributed by atoms with E-state index in [9.17, 15) is 0 Å². The summed E-state index contributed by atoms with van der Waals surface area (Å²) < 4.78 is 14.6. The maximum Gasteiger partial charge on any atom is 0.374 e. The van der Waals surface area contributed by atoms with E-state index in [0.717, 1.165) is 41.8 Å². The van der Waals surface area contributed by atoms with Crippen molar-refractivity contribution in [3.63, 3.8) is 0 Å². The molecule has 0 amide bonds. The van der Waals surface area contributed by atoms with Gasteiger partial charge in [-0.15, -0.1) is 0 Å². The Hall–Kier alpha value is -2.28. The highest BCUT2D eigenvalue weighted by Gasteiger charge is 2.23. The fourth-order valence-electron chi connectivity index (χ4n) is 4.45. The smallest absolute Gasteiger partial charge is 0.374 e. The number of aromatic nitrogens is 1. The number of oxazole rings is 1. The Bertz CT molecular complexity index is 1090. The summed E-state index contributed by atoms with van der Waals surface area (Å²) in [6.07, 6.45) is 17.2. The van der Waals surface area contributed by atoms with E-state index in [1.807, 2.05) is 36.4 Å². The normalized spacial score (nSPS) is 13.8. The standard InChI is InChI=1S/C29H36N2O2.HI/c1-3-5-7-9-15-23-16-13-19-26-29(23)31(22-12-8-6-4-2)28(33-26)21-14-20-27-30-24-17-10-11-18-25(24)32-27;/h10-11,13-14,16-21H,3-9,12,15,22H2,1-2H3;1H. The minimum atomic E-state index is 0. The summed E-state index contributed by atoms with van der Waals surface area (Å²) >= 11 is 0. The molecule has 0 fully saturated rings. The van der Waals surface area contributed by atoms with Crippen molar-refractivity contribution in [2.45, 2.75) is 78.2 Å². The van der Waals surface area contributed by atoms with Crippen LogP contribution in [0.15, 0.2) is 64.9 Å². The third kappa shape index (κ3) is 6.65. The van der Waals surface area contributed by atoms with Crippen molar-refractivity contribution < 1.29 is 37.7 Å². The summed E-state index contributed by atoms with van der Waals surface area (Å²) in [7, 11) is 0. The van der Waals surface area contributed by atoms with Crippen LogP contribution in [0.1, 0.15) is 76.7 Å². The molecule has 0 bridgehead atoms. The van der Waals surface area contributed by atoms with Crippen LogP contribution in [0, 0.1) is 0 Å². The van der Waals surface area contributed by atoms with Gasteiger partial charge in [0.25, 0.3) is 5.52 Å². The van der Waals surface area contributed by atoms with Crippen molar-refractivity contribution in [2.24, 2.45) is 0 Å². The van der Waals surface area contributed by atoms with Gasteiger partial charge < -0.3 is 38.4 Å². The zero-order valence-corrected chi connectivity index (χ0v) is 22.6. The number of fused-ring (bicyclic) bond motifs is 2. The quantitative estimate of drug-likeness (QED) is 0.193. The second-order valence-electron chi connectivity index (χ2n) is 8.84. The number of nitrogens with zero attached hydrogens (tertiary/aromatic N) is 1. The Morgan fingerprint density at radius 1 is 0.882 bits per heavy atom. The molecular formula is C29H37IN2O2. The molecule has 3 aromatic rings. The van der Waals surface area contributed by atoms with E-state index in [4.69, 9.17) is 9.15 Å². The zero-order chi connectivity index (χ0) is 22.9. The van der Waals surface area contributed by atoms with Crippen LogP contribution in [0.4, 0.5) is 5.69 Å². The van der Waals surface area contributed by atoms with Gasteiger partial charge in [-0.05, 0) is 49.6 Å². The van der Waals surface area contributed by atoms with E-state index >= 15 is 0 Å². The molecule has 182 valence electrons. The van der Waals surface area contributed by atoms with Crippen molar-refractivity contribution in [1.82, 2.24) is 0 Å². The van der Waals surface area contributed by atoms with Gasteiger partial charge in [-0.25, -0.2) is 0 Å². The van der Waals surface area contributed by atoms with Crippen LogP contribution >= 0.6 is 0 Å². The molecule has 0 spiro atoms. The second-order valence-corrected chi connectivity index (χ2v) is 8.84. The maximum absolute atomic E-state index is 6.34. The average Bonchev–Trinajstić information content (AvgIpc) is 3.41. The lowest BCUT2D eigenvalue weighted by molar-refractivity contribution is -0.678.